The highest BCUT2D eigenvalue weighted by Crippen LogP contribution is 2.21. The second-order valence-corrected chi connectivity index (χ2v) is 6.41. The van der Waals surface area contributed by atoms with Crippen molar-refractivity contribution in [3.05, 3.63) is 30.1 Å². The van der Waals surface area contributed by atoms with E-state index >= 15 is 0 Å². The molecular weight excluding hydrogens is 287 g/mol. The number of carbonyl (C=O) groups excluding carboxylic acids is 2. The second-order valence-electron chi connectivity index (χ2n) is 6.41. The van der Waals surface area contributed by atoms with Crippen LogP contribution < -0.4 is 5.32 Å². The summed E-state index contributed by atoms with van der Waals surface area (Å²) >= 11 is 0. The predicted molar refractivity (Wildman–Crippen MR) is 80.9 cm³/mol. The Morgan fingerprint density at radius 2 is 1.91 bits per heavy atom. The normalized spacial score (nSPS) is 18.2. The van der Waals surface area contributed by atoms with Crippen molar-refractivity contribution in [2.45, 2.75) is 32.8 Å². The lowest BCUT2D eigenvalue weighted by molar-refractivity contribution is -0.119. The van der Waals surface area contributed by atoms with Crippen LogP contribution in [0.1, 0.15) is 27.2 Å². The first-order valence-electron chi connectivity index (χ1n) is 7.29. The van der Waals surface area contributed by atoms with Crippen LogP contribution in [0.15, 0.2) is 24.3 Å². The van der Waals surface area contributed by atoms with E-state index in [0.29, 0.717) is 25.2 Å². The Morgan fingerprint density at radius 3 is 2.50 bits per heavy atom. The molecule has 2 rings (SSSR count). The van der Waals surface area contributed by atoms with Gasteiger partial charge in [0, 0.05) is 18.8 Å². The highest BCUT2D eigenvalue weighted by atomic mass is 19.1. The molecule has 2 amide bonds. The first-order valence-corrected chi connectivity index (χ1v) is 7.29. The van der Waals surface area contributed by atoms with Crippen molar-refractivity contribution in [2.24, 2.45) is 5.92 Å². The van der Waals surface area contributed by atoms with Crippen LogP contribution in [0.2, 0.25) is 0 Å². The van der Waals surface area contributed by atoms with Gasteiger partial charge in [-0.1, -0.05) is 0 Å². The lowest BCUT2D eigenvalue weighted by Gasteiger charge is -2.24. The molecule has 5 nitrogen and oxygen atoms in total. The third-order valence-corrected chi connectivity index (χ3v) is 3.32. The average molecular weight is 308 g/mol. The van der Waals surface area contributed by atoms with Crippen molar-refractivity contribution < 1.29 is 18.7 Å². The molecule has 1 aromatic carbocycles. The molecule has 1 fully saturated rings. The van der Waals surface area contributed by atoms with Gasteiger partial charge in [-0.05, 0) is 51.5 Å². The van der Waals surface area contributed by atoms with Crippen LogP contribution in [0.5, 0.6) is 0 Å². The number of rotatable bonds is 2. The van der Waals surface area contributed by atoms with Crippen LogP contribution in [0.4, 0.5) is 14.9 Å². The van der Waals surface area contributed by atoms with Gasteiger partial charge in [-0.3, -0.25) is 4.79 Å². The van der Waals surface area contributed by atoms with Crippen molar-refractivity contribution in [1.29, 1.82) is 0 Å². The van der Waals surface area contributed by atoms with Gasteiger partial charge in [-0.25, -0.2) is 9.18 Å². The van der Waals surface area contributed by atoms with E-state index in [2.05, 4.69) is 5.32 Å². The van der Waals surface area contributed by atoms with Gasteiger partial charge >= 0.3 is 6.09 Å². The van der Waals surface area contributed by atoms with Gasteiger partial charge in [0.05, 0.1) is 5.92 Å². The molecule has 0 bridgehead atoms. The Labute approximate surface area is 129 Å². The molecule has 0 aromatic heterocycles. The van der Waals surface area contributed by atoms with Gasteiger partial charge in [0.1, 0.15) is 11.4 Å². The van der Waals surface area contributed by atoms with Crippen LogP contribution >= 0.6 is 0 Å². The molecule has 22 heavy (non-hydrogen) atoms. The summed E-state index contributed by atoms with van der Waals surface area (Å²) in [5.41, 5.74) is -0.00643. The summed E-state index contributed by atoms with van der Waals surface area (Å²) in [5, 5.41) is 2.73. The molecule has 0 spiro atoms. The van der Waals surface area contributed by atoms with Crippen LogP contribution in [-0.4, -0.2) is 35.6 Å². The van der Waals surface area contributed by atoms with Crippen molar-refractivity contribution in [2.75, 3.05) is 18.4 Å². The molecule has 1 heterocycles. The van der Waals surface area contributed by atoms with Gasteiger partial charge in [0.2, 0.25) is 5.91 Å². The molecule has 1 aromatic rings. The zero-order chi connectivity index (χ0) is 16.3. The van der Waals surface area contributed by atoms with Crippen LogP contribution in [0.3, 0.4) is 0 Å². The van der Waals surface area contributed by atoms with Crippen LogP contribution in [0.25, 0.3) is 0 Å². The molecule has 1 aliphatic heterocycles. The van der Waals surface area contributed by atoms with Gasteiger partial charge in [0.25, 0.3) is 0 Å². The van der Waals surface area contributed by atoms with E-state index in [1.807, 2.05) is 0 Å². The quantitative estimate of drug-likeness (QED) is 0.913. The summed E-state index contributed by atoms with van der Waals surface area (Å²) in [7, 11) is 0. The Bertz CT molecular complexity index is 552. The Balaban J connectivity index is 1.88. The monoisotopic (exact) mass is 308 g/mol. The first-order chi connectivity index (χ1) is 10.2. The van der Waals surface area contributed by atoms with E-state index in [-0.39, 0.29) is 17.6 Å². The van der Waals surface area contributed by atoms with Gasteiger partial charge in [-0.2, -0.15) is 0 Å². The standard InChI is InChI=1S/C16H21FN2O3/c1-16(2,3)22-15(21)19-9-8-11(10-19)14(20)18-13-6-4-12(17)5-7-13/h4-7,11H,8-10H2,1-3H3,(H,18,20). The van der Waals surface area contributed by atoms with Crippen molar-refractivity contribution in [1.82, 2.24) is 4.90 Å². The van der Waals surface area contributed by atoms with Crippen molar-refractivity contribution in [3.63, 3.8) is 0 Å². The number of anilines is 1. The van der Waals surface area contributed by atoms with E-state index in [9.17, 15) is 14.0 Å². The summed E-state index contributed by atoms with van der Waals surface area (Å²) < 4.78 is 18.1. The lowest BCUT2D eigenvalue weighted by atomic mass is 10.1. The van der Waals surface area contributed by atoms with E-state index in [0.717, 1.165) is 0 Å². The molecule has 1 atom stereocenters. The summed E-state index contributed by atoms with van der Waals surface area (Å²) in [4.78, 5) is 25.7. The SMILES string of the molecule is CC(C)(C)OC(=O)N1CCC(C(=O)Nc2ccc(F)cc2)C1. The van der Waals surface area contributed by atoms with Gasteiger partial charge in [0.15, 0.2) is 0 Å². The number of benzene rings is 1. The highest BCUT2D eigenvalue weighted by Gasteiger charge is 2.33. The van der Waals surface area contributed by atoms with E-state index in [4.69, 9.17) is 4.74 Å². The molecule has 120 valence electrons. The van der Waals surface area contributed by atoms with E-state index in [1.165, 1.54) is 24.3 Å². The molecule has 0 aliphatic carbocycles. The van der Waals surface area contributed by atoms with Crippen molar-refractivity contribution in [3.8, 4) is 0 Å². The summed E-state index contributed by atoms with van der Waals surface area (Å²) in [6.07, 6.45) is 0.191. The molecule has 0 saturated carbocycles. The fourth-order valence-electron chi connectivity index (χ4n) is 2.24. The minimum absolute atomic E-state index is 0.169. The van der Waals surface area contributed by atoms with Crippen LogP contribution in [0, 0.1) is 11.7 Å². The number of ether oxygens (including phenoxy) is 1. The maximum atomic E-state index is 12.8. The molecular formula is C16H21FN2O3. The topological polar surface area (TPSA) is 58.6 Å². The fraction of sp³-hybridized carbons (Fsp3) is 0.500. The van der Waals surface area contributed by atoms with E-state index < -0.39 is 11.7 Å². The number of hydrogen-bond acceptors (Lipinski definition) is 3. The van der Waals surface area contributed by atoms with E-state index in [1.54, 1.807) is 25.7 Å². The van der Waals surface area contributed by atoms with Crippen LogP contribution in [-0.2, 0) is 9.53 Å². The Kier molecular flexibility index (Phi) is 4.68. The van der Waals surface area contributed by atoms with Crippen molar-refractivity contribution >= 4 is 17.7 Å². The minimum Gasteiger partial charge on any atom is -0.444 e. The maximum Gasteiger partial charge on any atom is 0.410 e. The average Bonchev–Trinajstić information content (AvgIpc) is 2.89. The largest absolute Gasteiger partial charge is 0.444 e. The number of hydrogen-bond donors (Lipinski definition) is 1. The number of halogens is 1. The molecule has 0 radical (unpaired) electrons. The maximum absolute atomic E-state index is 12.8. The summed E-state index contributed by atoms with van der Waals surface area (Å²) in [6, 6.07) is 5.59. The Morgan fingerprint density at radius 1 is 1.27 bits per heavy atom. The zero-order valence-electron chi connectivity index (χ0n) is 13.1. The minimum atomic E-state index is -0.550. The number of likely N-dealkylation sites (tertiary alicyclic amines) is 1. The third-order valence-electron chi connectivity index (χ3n) is 3.32. The molecule has 1 N–H and O–H groups in total. The summed E-state index contributed by atoms with van der Waals surface area (Å²) in [5.74, 6) is -0.801. The molecule has 1 aliphatic rings. The number of nitrogens with one attached hydrogen (secondary N) is 1. The third kappa shape index (κ3) is 4.44. The molecule has 1 unspecified atom stereocenters. The fourth-order valence-corrected chi connectivity index (χ4v) is 2.24. The predicted octanol–water partition coefficient (Wildman–Crippen LogP) is 3.02. The molecule has 6 heteroatoms. The smallest absolute Gasteiger partial charge is 0.410 e. The number of carbonyl (C=O) groups is 2. The first kappa shape index (κ1) is 16.3. The number of nitrogens with zero attached hydrogens (tertiary/aromatic N) is 1. The zero-order valence-corrected chi connectivity index (χ0v) is 13.1. The highest BCUT2D eigenvalue weighted by molar-refractivity contribution is 5.93. The Hall–Kier alpha value is -2.11. The molecule has 1 saturated heterocycles. The van der Waals surface area contributed by atoms with Gasteiger partial charge in [-0.15, -0.1) is 0 Å². The number of amides is 2. The van der Waals surface area contributed by atoms with Gasteiger partial charge < -0.3 is 15.0 Å². The summed E-state index contributed by atoms with van der Waals surface area (Å²) in [6.45, 7) is 6.25. The lowest BCUT2D eigenvalue weighted by Crippen LogP contribution is -2.36. The second kappa shape index (κ2) is 6.34.